The molecule has 0 aromatic carbocycles. The lowest BCUT2D eigenvalue weighted by Gasteiger charge is -2.24. The maximum Gasteiger partial charge on any atom is 0.165 e. The number of pyridine rings is 1. The zero-order chi connectivity index (χ0) is 12.8. The molecule has 1 N–H and O–H groups in total. The Morgan fingerprint density at radius 1 is 1.41 bits per heavy atom. The molecule has 1 aromatic rings. The molecular weight excluding hydrogens is 217 g/mol. The van der Waals surface area contributed by atoms with E-state index in [2.05, 4.69) is 29.0 Å². The first-order chi connectivity index (χ1) is 7.99. The van der Waals surface area contributed by atoms with E-state index >= 15 is 0 Å². The molecule has 1 heterocycles. The normalized spacial score (nSPS) is 13.1. The van der Waals surface area contributed by atoms with Gasteiger partial charge in [-0.3, -0.25) is 0 Å². The molecular formula is C13H22FN3. The van der Waals surface area contributed by atoms with Crippen LogP contribution in [-0.2, 0) is 0 Å². The first-order valence-electron chi connectivity index (χ1n) is 6.00. The summed E-state index contributed by atoms with van der Waals surface area (Å²) in [6, 6.07) is 3.25. The van der Waals surface area contributed by atoms with Crippen molar-refractivity contribution in [3.8, 4) is 0 Å². The summed E-state index contributed by atoms with van der Waals surface area (Å²) in [5.41, 5.74) is 0. The van der Waals surface area contributed by atoms with Crippen LogP contribution < -0.4 is 5.32 Å². The molecule has 1 aromatic heterocycles. The van der Waals surface area contributed by atoms with Crippen LogP contribution in [0.3, 0.4) is 0 Å². The number of halogens is 1. The summed E-state index contributed by atoms with van der Waals surface area (Å²) in [4.78, 5) is 6.13. The summed E-state index contributed by atoms with van der Waals surface area (Å²) >= 11 is 0. The van der Waals surface area contributed by atoms with Gasteiger partial charge in [-0.15, -0.1) is 0 Å². The van der Waals surface area contributed by atoms with Gasteiger partial charge in [-0.2, -0.15) is 0 Å². The van der Waals surface area contributed by atoms with Gasteiger partial charge in [-0.25, -0.2) is 9.37 Å². The van der Waals surface area contributed by atoms with Gasteiger partial charge in [0.15, 0.2) is 11.6 Å². The highest BCUT2D eigenvalue weighted by Crippen LogP contribution is 2.14. The van der Waals surface area contributed by atoms with Crippen molar-refractivity contribution in [2.75, 3.05) is 26.0 Å². The SMILES string of the molecule is CC(C)CC(CN(C)C)Nc1ncccc1F. The fourth-order valence-electron chi connectivity index (χ4n) is 1.87. The lowest BCUT2D eigenvalue weighted by Crippen LogP contribution is -2.34. The van der Waals surface area contributed by atoms with Crippen molar-refractivity contribution in [2.45, 2.75) is 26.3 Å². The van der Waals surface area contributed by atoms with Crippen LogP contribution in [0.4, 0.5) is 10.2 Å². The molecule has 4 heteroatoms. The summed E-state index contributed by atoms with van der Waals surface area (Å²) in [5.74, 6) is 0.624. The third kappa shape index (κ3) is 5.13. The second-order valence-electron chi connectivity index (χ2n) is 5.07. The van der Waals surface area contributed by atoms with Crippen molar-refractivity contribution < 1.29 is 4.39 Å². The van der Waals surface area contributed by atoms with Gasteiger partial charge < -0.3 is 10.2 Å². The Bertz CT molecular complexity index is 329. The second-order valence-corrected chi connectivity index (χ2v) is 5.07. The Morgan fingerprint density at radius 3 is 2.65 bits per heavy atom. The molecule has 1 atom stereocenters. The zero-order valence-corrected chi connectivity index (χ0v) is 11.1. The largest absolute Gasteiger partial charge is 0.364 e. The molecule has 0 bridgehead atoms. The minimum atomic E-state index is -0.292. The van der Waals surface area contributed by atoms with Crippen molar-refractivity contribution in [1.82, 2.24) is 9.88 Å². The van der Waals surface area contributed by atoms with Crippen molar-refractivity contribution in [1.29, 1.82) is 0 Å². The predicted octanol–water partition coefficient (Wildman–Crippen LogP) is 2.61. The van der Waals surface area contributed by atoms with Gasteiger partial charge in [0, 0.05) is 18.8 Å². The number of anilines is 1. The number of nitrogens with zero attached hydrogens (tertiary/aromatic N) is 2. The van der Waals surface area contributed by atoms with Gasteiger partial charge in [0.25, 0.3) is 0 Å². The fourth-order valence-corrected chi connectivity index (χ4v) is 1.87. The van der Waals surface area contributed by atoms with Crippen LogP contribution in [-0.4, -0.2) is 36.6 Å². The molecule has 0 aliphatic carbocycles. The van der Waals surface area contributed by atoms with E-state index in [1.807, 2.05) is 14.1 Å². The Kier molecular flexibility index (Phi) is 5.35. The fraction of sp³-hybridized carbons (Fsp3) is 0.615. The number of rotatable bonds is 6. The average Bonchev–Trinajstić information content (AvgIpc) is 2.19. The van der Waals surface area contributed by atoms with E-state index in [1.165, 1.54) is 6.07 Å². The number of likely N-dealkylation sites (N-methyl/N-ethyl adjacent to an activating group) is 1. The van der Waals surface area contributed by atoms with Gasteiger partial charge in [-0.1, -0.05) is 13.8 Å². The van der Waals surface area contributed by atoms with Gasteiger partial charge in [0.2, 0.25) is 0 Å². The van der Waals surface area contributed by atoms with E-state index in [9.17, 15) is 4.39 Å². The average molecular weight is 239 g/mol. The molecule has 1 unspecified atom stereocenters. The Morgan fingerprint density at radius 2 is 2.12 bits per heavy atom. The zero-order valence-electron chi connectivity index (χ0n) is 11.1. The summed E-state index contributed by atoms with van der Waals surface area (Å²) in [6.45, 7) is 5.20. The van der Waals surface area contributed by atoms with Crippen LogP contribution >= 0.6 is 0 Å². The summed E-state index contributed by atoms with van der Waals surface area (Å²) in [7, 11) is 4.04. The predicted molar refractivity (Wildman–Crippen MR) is 69.6 cm³/mol. The van der Waals surface area contributed by atoms with E-state index in [-0.39, 0.29) is 11.9 Å². The molecule has 0 saturated carbocycles. The lowest BCUT2D eigenvalue weighted by atomic mass is 10.0. The first-order valence-corrected chi connectivity index (χ1v) is 6.00. The molecule has 3 nitrogen and oxygen atoms in total. The third-order valence-corrected chi connectivity index (χ3v) is 2.44. The van der Waals surface area contributed by atoms with Crippen molar-refractivity contribution in [2.24, 2.45) is 5.92 Å². The Hall–Kier alpha value is -1.16. The van der Waals surface area contributed by atoms with E-state index in [4.69, 9.17) is 0 Å². The highest BCUT2D eigenvalue weighted by molar-refractivity contribution is 5.36. The van der Waals surface area contributed by atoms with E-state index in [1.54, 1.807) is 12.3 Å². The minimum Gasteiger partial charge on any atom is -0.364 e. The molecule has 96 valence electrons. The van der Waals surface area contributed by atoms with Crippen LogP contribution in [0.1, 0.15) is 20.3 Å². The molecule has 17 heavy (non-hydrogen) atoms. The van der Waals surface area contributed by atoms with E-state index < -0.39 is 0 Å². The van der Waals surface area contributed by atoms with Gasteiger partial charge in [0.05, 0.1) is 0 Å². The van der Waals surface area contributed by atoms with E-state index in [0.29, 0.717) is 11.7 Å². The standard InChI is InChI=1S/C13H22FN3/c1-10(2)8-11(9-17(3)4)16-13-12(14)6-5-7-15-13/h5-7,10-11H,8-9H2,1-4H3,(H,15,16). The molecule has 0 radical (unpaired) electrons. The molecule has 0 saturated heterocycles. The summed E-state index contributed by atoms with van der Waals surface area (Å²) in [6.07, 6.45) is 2.60. The maximum atomic E-state index is 13.5. The second kappa shape index (κ2) is 6.55. The summed E-state index contributed by atoms with van der Waals surface area (Å²) < 4.78 is 13.5. The Balaban J connectivity index is 2.68. The monoisotopic (exact) mass is 239 g/mol. The number of nitrogens with one attached hydrogen (secondary N) is 1. The molecule has 0 amide bonds. The number of aromatic nitrogens is 1. The highest BCUT2D eigenvalue weighted by Gasteiger charge is 2.14. The van der Waals surface area contributed by atoms with Crippen LogP contribution in [0.25, 0.3) is 0 Å². The van der Waals surface area contributed by atoms with Crippen molar-refractivity contribution in [3.05, 3.63) is 24.1 Å². The first kappa shape index (κ1) is 13.9. The highest BCUT2D eigenvalue weighted by atomic mass is 19.1. The van der Waals surface area contributed by atoms with Gasteiger partial charge >= 0.3 is 0 Å². The number of hydrogen-bond donors (Lipinski definition) is 1. The van der Waals surface area contributed by atoms with Crippen LogP contribution in [0.2, 0.25) is 0 Å². The van der Waals surface area contributed by atoms with Crippen molar-refractivity contribution >= 4 is 5.82 Å². The molecule has 1 rings (SSSR count). The van der Waals surface area contributed by atoms with Crippen LogP contribution in [0.5, 0.6) is 0 Å². The van der Waals surface area contributed by atoms with Crippen molar-refractivity contribution in [3.63, 3.8) is 0 Å². The summed E-state index contributed by atoms with van der Waals surface area (Å²) in [5, 5.41) is 3.18. The molecule has 0 fully saturated rings. The molecule has 0 spiro atoms. The van der Waals surface area contributed by atoms with Gasteiger partial charge in [0.1, 0.15) is 0 Å². The smallest absolute Gasteiger partial charge is 0.165 e. The topological polar surface area (TPSA) is 28.2 Å². The van der Waals surface area contributed by atoms with E-state index in [0.717, 1.165) is 13.0 Å². The van der Waals surface area contributed by atoms with Gasteiger partial charge in [-0.05, 0) is 38.6 Å². The third-order valence-electron chi connectivity index (χ3n) is 2.44. The lowest BCUT2D eigenvalue weighted by molar-refractivity contribution is 0.355. The van der Waals surface area contributed by atoms with Crippen LogP contribution in [0, 0.1) is 11.7 Å². The Labute approximate surface area is 103 Å². The van der Waals surface area contributed by atoms with Crippen LogP contribution in [0.15, 0.2) is 18.3 Å². The molecule has 0 aliphatic heterocycles. The number of hydrogen-bond acceptors (Lipinski definition) is 3. The quantitative estimate of drug-likeness (QED) is 0.827. The maximum absolute atomic E-state index is 13.5. The molecule has 0 aliphatic rings. The minimum absolute atomic E-state index is 0.217.